The highest BCUT2D eigenvalue weighted by molar-refractivity contribution is 5.92. The topological polar surface area (TPSA) is 69.6 Å². The van der Waals surface area contributed by atoms with Crippen LogP contribution >= 0.6 is 0 Å². The number of amides is 1. The largest absolute Gasteiger partial charge is 0.492 e. The molecule has 1 aromatic carbocycles. The molecule has 0 aliphatic heterocycles. The van der Waals surface area contributed by atoms with Crippen LogP contribution in [0.5, 0.6) is 11.5 Å². The Labute approximate surface area is 134 Å². The summed E-state index contributed by atoms with van der Waals surface area (Å²) in [6.07, 6.45) is 1.55. The molecule has 6 heteroatoms. The van der Waals surface area contributed by atoms with Gasteiger partial charge in [-0.2, -0.15) is 0 Å². The zero-order valence-corrected chi connectivity index (χ0v) is 13.2. The second-order valence-electron chi connectivity index (χ2n) is 4.72. The van der Waals surface area contributed by atoms with E-state index in [4.69, 9.17) is 9.47 Å². The van der Waals surface area contributed by atoms with Gasteiger partial charge in [0.25, 0.3) is 5.56 Å². The van der Waals surface area contributed by atoms with E-state index in [0.717, 1.165) is 0 Å². The minimum absolute atomic E-state index is 0.0970. The number of carbonyl (C=O) groups excluding carboxylic acids is 1. The molecule has 2 rings (SSSR count). The minimum atomic E-state index is -0.331. The number of rotatable bonds is 7. The Balaban J connectivity index is 2.12. The van der Waals surface area contributed by atoms with E-state index in [9.17, 15) is 9.59 Å². The third kappa shape index (κ3) is 4.35. The maximum Gasteiger partial charge on any atom is 0.293 e. The van der Waals surface area contributed by atoms with Crippen molar-refractivity contribution in [2.24, 2.45) is 0 Å². The molecule has 1 aromatic heterocycles. The van der Waals surface area contributed by atoms with E-state index in [-0.39, 0.29) is 23.8 Å². The Morgan fingerprint density at radius 2 is 1.70 bits per heavy atom. The molecule has 1 N–H and O–H groups in total. The average Bonchev–Trinajstić information content (AvgIpc) is 2.53. The molecule has 0 saturated carbocycles. The summed E-state index contributed by atoms with van der Waals surface area (Å²) in [6, 6.07) is 10.4. The van der Waals surface area contributed by atoms with E-state index >= 15 is 0 Å². The van der Waals surface area contributed by atoms with Gasteiger partial charge in [0, 0.05) is 6.20 Å². The number of benzene rings is 1. The Morgan fingerprint density at radius 3 is 2.43 bits per heavy atom. The summed E-state index contributed by atoms with van der Waals surface area (Å²) in [5, 5.41) is 2.76. The fraction of sp³-hybridized carbons (Fsp3) is 0.294. The van der Waals surface area contributed by atoms with Crippen molar-refractivity contribution in [3.05, 3.63) is 52.9 Å². The van der Waals surface area contributed by atoms with E-state index in [1.165, 1.54) is 4.57 Å². The molecule has 1 heterocycles. The number of para-hydroxylation sites is 2. The SMILES string of the molecule is CCOc1ccccc1NC(=O)Cn1cccc(OCC)c1=O. The second kappa shape index (κ2) is 8.03. The van der Waals surface area contributed by atoms with Crippen molar-refractivity contribution in [1.29, 1.82) is 0 Å². The van der Waals surface area contributed by atoms with E-state index in [1.807, 2.05) is 13.0 Å². The predicted molar refractivity (Wildman–Crippen MR) is 88.1 cm³/mol. The van der Waals surface area contributed by atoms with Gasteiger partial charge in [-0.3, -0.25) is 9.59 Å². The fourth-order valence-corrected chi connectivity index (χ4v) is 2.10. The molecule has 6 nitrogen and oxygen atoms in total. The number of ether oxygens (including phenoxy) is 2. The maximum absolute atomic E-state index is 12.2. The lowest BCUT2D eigenvalue weighted by molar-refractivity contribution is -0.116. The minimum Gasteiger partial charge on any atom is -0.492 e. The number of anilines is 1. The van der Waals surface area contributed by atoms with Gasteiger partial charge in [-0.25, -0.2) is 0 Å². The van der Waals surface area contributed by atoms with Crippen LogP contribution in [0.25, 0.3) is 0 Å². The quantitative estimate of drug-likeness (QED) is 0.851. The normalized spacial score (nSPS) is 10.2. The molecule has 0 bridgehead atoms. The third-order valence-electron chi connectivity index (χ3n) is 3.06. The van der Waals surface area contributed by atoms with Crippen molar-refractivity contribution in [2.45, 2.75) is 20.4 Å². The van der Waals surface area contributed by atoms with E-state index in [0.29, 0.717) is 24.7 Å². The van der Waals surface area contributed by atoms with Crippen molar-refractivity contribution in [3.8, 4) is 11.5 Å². The van der Waals surface area contributed by atoms with Crippen LogP contribution in [0.2, 0.25) is 0 Å². The van der Waals surface area contributed by atoms with Crippen molar-refractivity contribution in [2.75, 3.05) is 18.5 Å². The zero-order valence-electron chi connectivity index (χ0n) is 13.2. The molecule has 0 aliphatic carbocycles. The molecular weight excluding hydrogens is 296 g/mol. The van der Waals surface area contributed by atoms with Crippen LogP contribution in [0, 0.1) is 0 Å². The first-order chi connectivity index (χ1) is 11.2. The van der Waals surface area contributed by atoms with Crippen molar-refractivity contribution < 1.29 is 14.3 Å². The fourth-order valence-electron chi connectivity index (χ4n) is 2.10. The van der Waals surface area contributed by atoms with Crippen LogP contribution in [0.15, 0.2) is 47.4 Å². The van der Waals surface area contributed by atoms with Gasteiger partial charge in [-0.1, -0.05) is 12.1 Å². The number of pyridine rings is 1. The summed E-state index contributed by atoms with van der Waals surface area (Å²) >= 11 is 0. The second-order valence-corrected chi connectivity index (χ2v) is 4.72. The van der Waals surface area contributed by atoms with E-state index < -0.39 is 0 Å². The van der Waals surface area contributed by atoms with Gasteiger partial charge in [0.1, 0.15) is 12.3 Å². The molecule has 122 valence electrons. The first-order valence-electron chi connectivity index (χ1n) is 7.49. The Hall–Kier alpha value is -2.76. The standard InChI is InChI=1S/C17H20N2O4/c1-3-22-14-9-6-5-8-13(14)18-16(20)12-19-11-7-10-15(17(19)21)23-4-2/h5-11H,3-4,12H2,1-2H3,(H,18,20). The van der Waals surface area contributed by atoms with Gasteiger partial charge in [0.2, 0.25) is 5.91 Å². The van der Waals surface area contributed by atoms with Gasteiger partial charge < -0.3 is 19.4 Å². The summed E-state index contributed by atoms with van der Waals surface area (Å²) in [5.41, 5.74) is 0.246. The summed E-state index contributed by atoms with van der Waals surface area (Å²) in [4.78, 5) is 24.3. The average molecular weight is 316 g/mol. The molecule has 23 heavy (non-hydrogen) atoms. The number of nitrogens with one attached hydrogen (secondary N) is 1. The lowest BCUT2D eigenvalue weighted by Gasteiger charge is -2.12. The molecule has 0 atom stereocenters. The van der Waals surface area contributed by atoms with Crippen LogP contribution in [-0.2, 0) is 11.3 Å². The lowest BCUT2D eigenvalue weighted by Crippen LogP contribution is -2.28. The highest BCUT2D eigenvalue weighted by Gasteiger charge is 2.10. The molecule has 0 spiro atoms. The highest BCUT2D eigenvalue weighted by atomic mass is 16.5. The van der Waals surface area contributed by atoms with Crippen molar-refractivity contribution in [3.63, 3.8) is 0 Å². The van der Waals surface area contributed by atoms with Crippen LogP contribution in [0.3, 0.4) is 0 Å². The van der Waals surface area contributed by atoms with Crippen LogP contribution in [0.1, 0.15) is 13.8 Å². The summed E-state index contributed by atoms with van der Waals surface area (Å²) in [6.45, 7) is 4.47. The number of nitrogens with zero attached hydrogens (tertiary/aromatic N) is 1. The maximum atomic E-state index is 12.2. The molecule has 2 aromatic rings. The molecular formula is C17H20N2O4. The molecule has 0 unspecified atom stereocenters. The van der Waals surface area contributed by atoms with Gasteiger partial charge in [-0.15, -0.1) is 0 Å². The number of hydrogen-bond acceptors (Lipinski definition) is 4. The first kappa shape index (κ1) is 16.6. The number of hydrogen-bond donors (Lipinski definition) is 1. The van der Waals surface area contributed by atoms with Crippen LogP contribution in [-0.4, -0.2) is 23.7 Å². The predicted octanol–water partition coefficient (Wildman–Crippen LogP) is 2.28. The van der Waals surface area contributed by atoms with Gasteiger partial charge in [0.15, 0.2) is 5.75 Å². The third-order valence-corrected chi connectivity index (χ3v) is 3.06. The van der Waals surface area contributed by atoms with Crippen LogP contribution in [0.4, 0.5) is 5.69 Å². The Kier molecular flexibility index (Phi) is 5.80. The van der Waals surface area contributed by atoms with E-state index in [1.54, 1.807) is 43.5 Å². The Morgan fingerprint density at radius 1 is 1.04 bits per heavy atom. The van der Waals surface area contributed by atoms with Crippen molar-refractivity contribution in [1.82, 2.24) is 4.57 Å². The number of aromatic nitrogens is 1. The smallest absolute Gasteiger partial charge is 0.293 e. The summed E-state index contributed by atoms with van der Waals surface area (Å²) < 4.78 is 12.0. The number of carbonyl (C=O) groups is 1. The summed E-state index contributed by atoms with van der Waals surface area (Å²) in [7, 11) is 0. The molecule has 0 radical (unpaired) electrons. The van der Waals surface area contributed by atoms with Gasteiger partial charge >= 0.3 is 0 Å². The van der Waals surface area contributed by atoms with Crippen molar-refractivity contribution >= 4 is 11.6 Å². The van der Waals surface area contributed by atoms with E-state index in [2.05, 4.69) is 5.32 Å². The molecule has 0 aliphatic rings. The van der Waals surface area contributed by atoms with Crippen LogP contribution < -0.4 is 20.3 Å². The lowest BCUT2D eigenvalue weighted by atomic mass is 10.3. The van der Waals surface area contributed by atoms with Gasteiger partial charge in [0.05, 0.1) is 18.9 Å². The highest BCUT2D eigenvalue weighted by Crippen LogP contribution is 2.23. The zero-order chi connectivity index (χ0) is 16.7. The Bertz CT molecular complexity index is 725. The molecule has 0 saturated heterocycles. The van der Waals surface area contributed by atoms with Gasteiger partial charge in [-0.05, 0) is 38.1 Å². The molecule has 1 amide bonds. The summed E-state index contributed by atoms with van der Waals surface area (Å²) in [5.74, 6) is 0.518. The monoisotopic (exact) mass is 316 g/mol. The molecule has 0 fully saturated rings. The first-order valence-corrected chi connectivity index (χ1v) is 7.49.